The fraction of sp³-hybridized carbons (Fsp3) is 0.517. The molecule has 1 aliphatic carbocycles. The molecule has 11 nitrogen and oxygen atoms in total. The van der Waals surface area contributed by atoms with Crippen LogP contribution in [0.25, 0.3) is 5.82 Å². The summed E-state index contributed by atoms with van der Waals surface area (Å²) in [5, 5.41) is 7.55. The summed E-state index contributed by atoms with van der Waals surface area (Å²) in [5.41, 5.74) is 0.283. The van der Waals surface area contributed by atoms with Gasteiger partial charge in [-0.2, -0.15) is 8.42 Å². The van der Waals surface area contributed by atoms with E-state index in [-0.39, 0.29) is 16.1 Å². The molecule has 6 rings (SSSR count). The van der Waals surface area contributed by atoms with E-state index >= 15 is 0 Å². The van der Waals surface area contributed by atoms with Crippen molar-refractivity contribution in [2.24, 2.45) is 11.3 Å². The van der Waals surface area contributed by atoms with Gasteiger partial charge in [0.2, 0.25) is 5.88 Å². The lowest BCUT2D eigenvalue weighted by Crippen LogP contribution is -2.41. The van der Waals surface area contributed by atoms with Gasteiger partial charge >= 0.3 is 0 Å². The molecule has 2 aliphatic heterocycles. The molecule has 3 aromatic heterocycles. The molecule has 2 N–H and O–H groups in total. The SMILES string of the molecule is CC1(CCOc2ccn(-c3ccc4c(n3)N3C[C@H](CCCNc5cccc(n5)S(=O)(=O)NC4=O)CC3(C)C)n2)CC1. The number of carbonyl (C=O) groups is 1. The van der Waals surface area contributed by atoms with Crippen LogP contribution in [0.15, 0.2) is 47.6 Å². The van der Waals surface area contributed by atoms with Crippen LogP contribution in [0.3, 0.4) is 0 Å². The van der Waals surface area contributed by atoms with Crippen molar-refractivity contribution in [2.45, 2.75) is 69.9 Å². The summed E-state index contributed by atoms with van der Waals surface area (Å²) < 4.78 is 36.1. The van der Waals surface area contributed by atoms with E-state index in [9.17, 15) is 13.2 Å². The van der Waals surface area contributed by atoms with Crippen molar-refractivity contribution < 1.29 is 17.9 Å². The Balaban J connectivity index is 1.34. The number of sulfonamides is 1. The highest BCUT2D eigenvalue weighted by atomic mass is 32.2. The zero-order chi connectivity index (χ0) is 28.8. The lowest BCUT2D eigenvalue weighted by Gasteiger charge is -2.34. The maximum Gasteiger partial charge on any atom is 0.281 e. The van der Waals surface area contributed by atoms with E-state index in [2.05, 4.69) is 45.8 Å². The average molecular weight is 580 g/mol. The molecule has 0 spiro atoms. The van der Waals surface area contributed by atoms with E-state index < -0.39 is 15.9 Å². The lowest BCUT2D eigenvalue weighted by atomic mass is 9.93. The van der Waals surface area contributed by atoms with Crippen LogP contribution in [0.1, 0.15) is 69.7 Å². The summed E-state index contributed by atoms with van der Waals surface area (Å²) in [6, 6.07) is 9.79. The molecule has 2 fully saturated rings. The highest BCUT2D eigenvalue weighted by molar-refractivity contribution is 7.90. The lowest BCUT2D eigenvalue weighted by molar-refractivity contribution is 0.0981. The number of hydrogen-bond acceptors (Lipinski definition) is 9. The Morgan fingerprint density at radius 3 is 2.73 bits per heavy atom. The van der Waals surface area contributed by atoms with Gasteiger partial charge in [0.25, 0.3) is 15.9 Å². The zero-order valence-electron chi connectivity index (χ0n) is 23.8. The second-order valence-corrected chi connectivity index (χ2v) is 14.0. The van der Waals surface area contributed by atoms with Crippen LogP contribution in [0.5, 0.6) is 5.88 Å². The second kappa shape index (κ2) is 10.3. The van der Waals surface area contributed by atoms with E-state index in [1.165, 1.54) is 18.9 Å². The first kappa shape index (κ1) is 27.5. The number of nitrogens with one attached hydrogen (secondary N) is 2. The van der Waals surface area contributed by atoms with Crippen LogP contribution in [0.4, 0.5) is 11.6 Å². The number of pyridine rings is 2. The van der Waals surface area contributed by atoms with Crippen LogP contribution >= 0.6 is 0 Å². The smallest absolute Gasteiger partial charge is 0.281 e. The summed E-state index contributed by atoms with van der Waals surface area (Å²) in [6.07, 6.45) is 8.06. The third-order valence-electron chi connectivity index (χ3n) is 8.50. The summed E-state index contributed by atoms with van der Waals surface area (Å²) in [6.45, 7) is 8.52. The molecule has 4 bridgehead atoms. The maximum absolute atomic E-state index is 13.6. The van der Waals surface area contributed by atoms with Gasteiger partial charge in [0, 0.05) is 30.9 Å². The molecule has 3 aliphatic rings. The van der Waals surface area contributed by atoms with E-state index in [4.69, 9.17) is 9.72 Å². The minimum absolute atomic E-state index is 0.177. The van der Waals surface area contributed by atoms with Gasteiger partial charge in [0.1, 0.15) is 11.6 Å². The number of carbonyl (C=O) groups excluding carboxylic acids is 1. The molecule has 3 aromatic rings. The topological polar surface area (TPSA) is 131 Å². The molecule has 1 amide bonds. The first-order chi connectivity index (χ1) is 19.5. The van der Waals surface area contributed by atoms with Gasteiger partial charge in [-0.3, -0.25) is 4.79 Å². The monoisotopic (exact) mass is 579 g/mol. The van der Waals surface area contributed by atoms with Gasteiger partial charge in [-0.25, -0.2) is 19.4 Å². The van der Waals surface area contributed by atoms with Crippen molar-refractivity contribution in [3.8, 4) is 11.7 Å². The molecular formula is C29H37N7O4S. The van der Waals surface area contributed by atoms with Gasteiger partial charge in [-0.15, -0.1) is 5.10 Å². The quantitative estimate of drug-likeness (QED) is 0.457. The van der Waals surface area contributed by atoms with E-state index in [0.717, 1.165) is 25.7 Å². The molecule has 218 valence electrons. The summed E-state index contributed by atoms with van der Waals surface area (Å²) >= 11 is 0. The third-order valence-corrected chi connectivity index (χ3v) is 9.73. The second-order valence-electron chi connectivity index (χ2n) is 12.4. The normalized spacial score (nSPS) is 22.5. The van der Waals surface area contributed by atoms with Gasteiger partial charge in [0.15, 0.2) is 10.8 Å². The first-order valence-corrected chi connectivity index (χ1v) is 15.8. The Morgan fingerprint density at radius 2 is 1.93 bits per heavy atom. The van der Waals surface area contributed by atoms with Crippen molar-refractivity contribution in [3.63, 3.8) is 0 Å². The van der Waals surface area contributed by atoms with Gasteiger partial charge < -0.3 is 15.0 Å². The molecule has 0 radical (unpaired) electrons. The number of amides is 1. The first-order valence-electron chi connectivity index (χ1n) is 14.3. The van der Waals surface area contributed by atoms with Crippen molar-refractivity contribution in [1.29, 1.82) is 0 Å². The summed E-state index contributed by atoms with van der Waals surface area (Å²) in [4.78, 5) is 24.8. The molecule has 1 saturated carbocycles. The van der Waals surface area contributed by atoms with E-state index in [0.29, 0.717) is 54.4 Å². The maximum atomic E-state index is 13.6. The van der Waals surface area contributed by atoms with Crippen LogP contribution in [0.2, 0.25) is 0 Å². The zero-order valence-corrected chi connectivity index (χ0v) is 24.6. The van der Waals surface area contributed by atoms with E-state index in [1.807, 2.05) is 0 Å². The van der Waals surface area contributed by atoms with Crippen LogP contribution in [-0.2, 0) is 10.0 Å². The van der Waals surface area contributed by atoms with Crippen molar-refractivity contribution in [1.82, 2.24) is 24.5 Å². The van der Waals surface area contributed by atoms with Crippen molar-refractivity contribution in [2.75, 3.05) is 29.9 Å². The number of hydrogen-bond donors (Lipinski definition) is 2. The van der Waals surface area contributed by atoms with Crippen molar-refractivity contribution >= 4 is 27.6 Å². The van der Waals surface area contributed by atoms with Crippen LogP contribution in [0, 0.1) is 11.3 Å². The Bertz CT molecular complexity index is 1560. The standard InChI is InChI=1S/C29H37N7O4S/c1-28(2)18-20-6-5-15-30-22-7-4-8-25(31-22)41(38,39)34-27(37)21-9-10-23(32-26(21)35(28)19-20)36-16-11-24(33-36)40-17-14-29(3)12-13-29/h4,7-11,16,20H,5-6,12-15,17-19H2,1-3H3,(H,30,31)(H,34,37)/t20-/m1/s1. The molecule has 12 heteroatoms. The van der Waals surface area contributed by atoms with Crippen LogP contribution < -0.4 is 19.7 Å². The molecule has 5 heterocycles. The molecule has 0 unspecified atom stereocenters. The Hall–Kier alpha value is -3.67. The molecule has 1 atom stereocenters. The number of rotatable bonds is 5. The fourth-order valence-electron chi connectivity index (χ4n) is 5.78. The molecule has 1 saturated heterocycles. The minimum Gasteiger partial charge on any atom is -0.477 e. The predicted octanol–water partition coefficient (Wildman–Crippen LogP) is 4.16. The number of fused-ring (bicyclic) bond motifs is 6. The minimum atomic E-state index is -4.22. The summed E-state index contributed by atoms with van der Waals surface area (Å²) in [7, 11) is -4.22. The fourth-order valence-corrected chi connectivity index (χ4v) is 6.71. The number of nitrogens with zero attached hydrogens (tertiary/aromatic N) is 5. The predicted molar refractivity (Wildman–Crippen MR) is 155 cm³/mol. The number of aromatic nitrogens is 4. The Morgan fingerprint density at radius 1 is 1.10 bits per heavy atom. The van der Waals surface area contributed by atoms with Crippen LogP contribution in [-0.4, -0.2) is 59.3 Å². The Labute approximate surface area is 240 Å². The number of ether oxygens (including phenoxy) is 1. The molecular weight excluding hydrogens is 542 g/mol. The van der Waals surface area contributed by atoms with Crippen molar-refractivity contribution in [3.05, 3.63) is 48.2 Å². The largest absolute Gasteiger partial charge is 0.477 e. The Kier molecular flexibility index (Phi) is 6.91. The third kappa shape index (κ3) is 5.88. The van der Waals surface area contributed by atoms with E-state index in [1.54, 1.807) is 41.2 Å². The van der Waals surface area contributed by atoms with Gasteiger partial charge in [-0.1, -0.05) is 13.0 Å². The van der Waals surface area contributed by atoms with Gasteiger partial charge in [0.05, 0.1) is 12.2 Å². The highest BCUT2D eigenvalue weighted by Crippen LogP contribution is 2.48. The molecule has 0 aromatic carbocycles. The average Bonchev–Trinajstić information content (AvgIpc) is 3.33. The summed E-state index contributed by atoms with van der Waals surface area (Å²) in [5.74, 6) is 1.54. The van der Waals surface area contributed by atoms with Gasteiger partial charge in [-0.05, 0) is 88.0 Å². The molecule has 41 heavy (non-hydrogen) atoms. The number of anilines is 2. The highest BCUT2D eigenvalue weighted by Gasteiger charge is 2.41.